The number of β-amino-alcohol motifs (C(OH)–C–C–N with tert-alkyl or cyclic N) is 1. The van der Waals surface area contributed by atoms with Gasteiger partial charge < -0.3 is 15.2 Å². The van der Waals surface area contributed by atoms with E-state index in [1.165, 1.54) is 0 Å². The number of hydrogen-bond acceptors (Lipinski definition) is 4. The van der Waals surface area contributed by atoms with Gasteiger partial charge >= 0.3 is 0 Å². The van der Waals surface area contributed by atoms with E-state index in [0.29, 0.717) is 18.1 Å². The summed E-state index contributed by atoms with van der Waals surface area (Å²) in [6.07, 6.45) is -0.402. The second-order valence-corrected chi connectivity index (χ2v) is 5.86. The third-order valence-electron chi connectivity index (χ3n) is 3.03. The monoisotopic (exact) mass is 348 g/mol. The summed E-state index contributed by atoms with van der Waals surface area (Å²) < 4.78 is 6.18. The predicted molar refractivity (Wildman–Crippen MR) is 80.9 cm³/mol. The van der Waals surface area contributed by atoms with Crippen molar-refractivity contribution in [1.82, 2.24) is 4.90 Å². The van der Waals surface area contributed by atoms with E-state index in [1.807, 2.05) is 18.2 Å². The average molecular weight is 350 g/mol. The molecule has 1 fully saturated rings. The molecule has 1 aromatic rings. The number of nitrogens with one attached hydrogen (secondary N) is 1. The second-order valence-electron chi connectivity index (χ2n) is 4.57. The van der Waals surface area contributed by atoms with E-state index in [9.17, 15) is 5.11 Å². The predicted octanol–water partition coefficient (Wildman–Crippen LogP) is 2.21. The van der Waals surface area contributed by atoms with Gasteiger partial charge in [0.05, 0.1) is 19.3 Å². The number of nitrogens with zero attached hydrogens (tertiary/aromatic N) is 1. The van der Waals surface area contributed by atoms with Gasteiger partial charge in [0.25, 0.3) is 0 Å². The van der Waals surface area contributed by atoms with E-state index in [-0.39, 0.29) is 0 Å². The molecule has 0 bridgehead atoms. The SMILES string of the molecule is OC(CNc1ccc(Cl)cc1Br)CN1CCOCC1. The van der Waals surface area contributed by atoms with Crippen molar-refractivity contribution in [2.45, 2.75) is 6.10 Å². The highest BCUT2D eigenvalue weighted by atomic mass is 79.9. The average Bonchev–Trinajstić information content (AvgIpc) is 2.39. The molecule has 0 aromatic heterocycles. The Kier molecular flexibility index (Phi) is 5.91. The number of aliphatic hydroxyl groups is 1. The van der Waals surface area contributed by atoms with Crippen LogP contribution >= 0.6 is 27.5 Å². The first kappa shape index (κ1) is 15.1. The highest BCUT2D eigenvalue weighted by Crippen LogP contribution is 2.25. The van der Waals surface area contributed by atoms with Gasteiger partial charge in [-0.05, 0) is 34.1 Å². The summed E-state index contributed by atoms with van der Waals surface area (Å²) >= 11 is 9.32. The van der Waals surface area contributed by atoms with Crippen LogP contribution in [0.2, 0.25) is 5.02 Å². The van der Waals surface area contributed by atoms with E-state index in [2.05, 4.69) is 26.1 Å². The van der Waals surface area contributed by atoms with Gasteiger partial charge in [-0.25, -0.2) is 0 Å². The molecule has 1 aliphatic heterocycles. The molecule has 1 aliphatic rings. The van der Waals surface area contributed by atoms with Crippen LogP contribution in [-0.4, -0.2) is 55.5 Å². The van der Waals surface area contributed by atoms with Gasteiger partial charge in [0, 0.05) is 41.4 Å². The van der Waals surface area contributed by atoms with E-state index >= 15 is 0 Å². The smallest absolute Gasteiger partial charge is 0.0839 e. The molecule has 2 N–H and O–H groups in total. The van der Waals surface area contributed by atoms with Gasteiger partial charge in [-0.1, -0.05) is 11.6 Å². The topological polar surface area (TPSA) is 44.7 Å². The number of ether oxygens (including phenoxy) is 1. The van der Waals surface area contributed by atoms with Gasteiger partial charge in [-0.2, -0.15) is 0 Å². The van der Waals surface area contributed by atoms with Crippen molar-refractivity contribution in [2.75, 3.05) is 44.7 Å². The van der Waals surface area contributed by atoms with Crippen LogP contribution in [0.25, 0.3) is 0 Å². The van der Waals surface area contributed by atoms with E-state index in [4.69, 9.17) is 16.3 Å². The molecule has 1 atom stereocenters. The normalized spacial score (nSPS) is 18.3. The fourth-order valence-corrected chi connectivity index (χ4v) is 2.83. The van der Waals surface area contributed by atoms with Crippen molar-refractivity contribution >= 4 is 33.2 Å². The number of benzene rings is 1. The summed E-state index contributed by atoms with van der Waals surface area (Å²) in [5.74, 6) is 0. The van der Waals surface area contributed by atoms with Crippen molar-refractivity contribution in [2.24, 2.45) is 0 Å². The van der Waals surface area contributed by atoms with Gasteiger partial charge in [0.1, 0.15) is 0 Å². The number of aliphatic hydroxyl groups excluding tert-OH is 1. The first-order valence-corrected chi connectivity index (χ1v) is 7.49. The standard InChI is InChI=1S/C13H18BrClN2O2/c14-12-7-10(15)1-2-13(12)16-8-11(18)9-17-3-5-19-6-4-17/h1-2,7,11,16,18H,3-6,8-9H2. The zero-order valence-corrected chi connectivity index (χ0v) is 13.0. The maximum atomic E-state index is 10.0. The molecule has 1 unspecified atom stereocenters. The molecule has 1 aromatic carbocycles. The minimum atomic E-state index is -0.402. The molecule has 0 amide bonds. The Morgan fingerprint density at radius 1 is 1.42 bits per heavy atom. The van der Waals surface area contributed by atoms with Crippen LogP contribution in [-0.2, 0) is 4.74 Å². The number of rotatable bonds is 5. The highest BCUT2D eigenvalue weighted by molar-refractivity contribution is 9.10. The Morgan fingerprint density at radius 3 is 2.84 bits per heavy atom. The molecular weight excluding hydrogens is 332 g/mol. The maximum Gasteiger partial charge on any atom is 0.0839 e. The van der Waals surface area contributed by atoms with Crippen molar-refractivity contribution in [1.29, 1.82) is 0 Å². The molecule has 4 nitrogen and oxygen atoms in total. The van der Waals surface area contributed by atoms with Crippen LogP contribution < -0.4 is 5.32 Å². The lowest BCUT2D eigenvalue weighted by Crippen LogP contribution is -2.42. The molecule has 1 heterocycles. The molecule has 0 saturated carbocycles. The lowest BCUT2D eigenvalue weighted by Gasteiger charge is -2.28. The summed E-state index contributed by atoms with van der Waals surface area (Å²) in [6.45, 7) is 4.47. The molecule has 19 heavy (non-hydrogen) atoms. The third-order valence-corrected chi connectivity index (χ3v) is 3.92. The zero-order chi connectivity index (χ0) is 13.7. The molecule has 0 spiro atoms. The number of morpholine rings is 1. The summed E-state index contributed by atoms with van der Waals surface area (Å²) in [5.41, 5.74) is 0.936. The minimum Gasteiger partial charge on any atom is -0.390 e. The lowest BCUT2D eigenvalue weighted by atomic mass is 10.2. The molecule has 6 heteroatoms. The molecule has 106 valence electrons. The first-order valence-electron chi connectivity index (χ1n) is 6.32. The number of hydrogen-bond donors (Lipinski definition) is 2. The van der Waals surface area contributed by atoms with Crippen LogP contribution in [0, 0.1) is 0 Å². The van der Waals surface area contributed by atoms with Crippen LogP contribution in [0.4, 0.5) is 5.69 Å². The Hall–Kier alpha value is -0.330. The zero-order valence-electron chi connectivity index (χ0n) is 10.6. The third kappa shape index (κ3) is 4.93. The van der Waals surface area contributed by atoms with Crippen LogP contribution in [0.1, 0.15) is 0 Å². The molecule has 0 aliphatic carbocycles. The van der Waals surface area contributed by atoms with Crippen molar-refractivity contribution in [3.05, 3.63) is 27.7 Å². The first-order chi connectivity index (χ1) is 9.15. The van der Waals surface area contributed by atoms with E-state index < -0.39 is 6.10 Å². The van der Waals surface area contributed by atoms with Gasteiger partial charge in [0.2, 0.25) is 0 Å². The maximum absolute atomic E-state index is 10.0. The minimum absolute atomic E-state index is 0.402. The second kappa shape index (κ2) is 7.45. The van der Waals surface area contributed by atoms with Crippen LogP contribution in [0.3, 0.4) is 0 Å². The molecule has 0 radical (unpaired) electrons. The number of halogens is 2. The van der Waals surface area contributed by atoms with Crippen LogP contribution in [0.15, 0.2) is 22.7 Å². The van der Waals surface area contributed by atoms with Gasteiger partial charge in [0.15, 0.2) is 0 Å². The fraction of sp³-hybridized carbons (Fsp3) is 0.538. The van der Waals surface area contributed by atoms with Crippen molar-refractivity contribution in [3.8, 4) is 0 Å². The van der Waals surface area contributed by atoms with E-state index in [0.717, 1.165) is 36.5 Å². The number of anilines is 1. The van der Waals surface area contributed by atoms with Crippen molar-refractivity contribution < 1.29 is 9.84 Å². The molecule has 2 rings (SSSR count). The Bertz CT molecular complexity index is 414. The summed E-state index contributed by atoms with van der Waals surface area (Å²) in [7, 11) is 0. The highest BCUT2D eigenvalue weighted by Gasteiger charge is 2.14. The quantitative estimate of drug-likeness (QED) is 0.855. The Labute approximate surface area is 126 Å². The largest absolute Gasteiger partial charge is 0.390 e. The summed E-state index contributed by atoms with van der Waals surface area (Å²) in [6, 6.07) is 5.55. The molecular formula is C13H18BrClN2O2. The van der Waals surface area contributed by atoms with E-state index in [1.54, 1.807) is 0 Å². The Balaban J connectivity index is 1.77. The lowest BCUT2D eigenvalue weighted by molar-refractivity contribution is 0.0171. The fourth-order valence-electron chi connectivity index (χ4n) is 2.01. The van der Waals surface area contributed by atoms with Gasteiger partial charge in [-0.15, -0.1) is 0 Å². The van der Waals surface area contributed by atoms with Crippen LogP contribution in [0.5, 0.6) is 0 Å². The summed E-state index contributed by atoms with van der Waals surface area (Å²) in [5, 5.41) is 13.9. The summed E-state index contributed by atoms with van der Waals surface area (Å²) in [4.78, 5) is 2.22. The Morgan fingerprint density at radius 2 is 2.16 bits per heavy atom. The van der Waals surface area contributed by atoms with Crippen molar-refractivity contribution in [3.63, 3.8) is 0 Å². The molecule has 1 saturated heterocycles. The van der Waals surface area contributed by atoms with Gasteiger partial charge in [-0.3, -0.25) is 4.90 Å².